The number of esters is 2. The van der Waals surface area contributed by atoms with Crippen molar-refractivity contribution in [2.45, 2.75) is 70.5 Å². The van der Waals surface area contributed by atoms with Crippen LogP contribution in [0.1, 0.15) is 53.9 Å². The van der Waals surface area contributed by atoms with Crippen LogP contribution in [0.15, 0.2) is 0 Å². The summed E-state index contributed by atoms with van der Waals surface area (Å²) in [6.07, 6.45) is 0.175. The normalized spacial score (nSPS) is 21.1. The quantitative estimate of drug-likeness (QED) is 0.601. The number of aliphatic hydroxyl groups is 1. The highest BCUT2D eigenvalue weighted by Gasteiger charge is 2.68. The van der Waals surface area contributed by atoms with Crippen LogP contribution in [0, 0.1) is 5.41 Å². The number of hydrogen-bond donors (Lipinski definition) is 1. The average molecular weight is 321 g/mol. The van der Waals surface area contributed by atoms with Crippen molar-refractivity contribution in [3.8, 4) is 0 Å². The lowest BCUT2D eigenvalue weighted by Gasteiger charge is -2.37. The van der Waals surface area contributed by atoms with Crippen molar-refractivity contribution in [3.63, 3.8) is 0 Å². The Morgan fingerprint density at radius 1 is 1.29 bits per heavy atom. The Labute approximate surface area is 130 Å². The van der Waals surface area contributed by atoms with Crippen molar-refractivity contribution in [1.29, 1.82) is 0 Å². The van der Waals surface area contributed by atoms with E-state index in [1.54, 1.807) is 27.7 Å². The molecule has 0 aromatic heterocycles. The molecule has 0 aliphatic heterocycles. The maximum atomic E-state index is 12.6. The molecule has 5 nitrogen and oxygen atoms in total. The van der Waals surface area contributed by atoms with Gasteiger partial charge in [-0.3, -0.25) is 0 Å². The van der Waals surface area contributed by atoms with Gasteiger partial charge >= 0.3 is 11.9 Å². The summed E-state index contributed by atoms with van der Waals surface area (Å²) in [6, 6.07) is 0. The molecule has 1 saturated carbocycles. The monoisotopic (exact) mass is 320 g/mol. The number of rotatable bonds is 6. The number of carbonyl (C=O) groups excluding carboxylic acids is 2. The lowest BCUT2D eigenvalue weighted by atomic mass is 9.81. The fourth-order valence-electron chi connectivity index (χ4n) is 2.48. The lowest BCUT2D eigenvalue weighted by molar-refractivity contribution is -0.174. The molecule has 0 aromatic rings. The summed E-state index contributed by atoms with van der Waals surface area (Å²) in [5.74, 6) is -1.66. The first-order valence-corrected chi connectivity index (χ1v) is 7.69. The van der Waals surface area contributed by atoms with E-state index in [1.165, 1.54) is 0 Å². The molecule has 0 spiro atoms. The maximum Gasteiger partial charge on any atom is 0.337 e. The minimum Gasteiger partial charge on any atom is -0.464 e. The van der Waals surface area contributed by atoms with Crippen LogP contribution in [0.5, 0.6) is 0 Å². The van der Waals surface area contributed by atoms with E-state index < -0.39 is 33.9 Å². The first kappa shape index (κ1) is 18.2. The second kappa shape index (κ2) is 6.13. The highest BCUT2D eigenvalue weighted by atomic mass is 35.5. The minimum atomic E-state index is -1.80. The molecule has 1 N–H and O–H groups in total. The van der Waals surface area contributed by atoms with Gasteiger partial charge in [0, 0.05) is 5.41 Å². The van der Waals surface area contributed by atoms with Gasteiger partial charge in [-0.05, 0) is 47.0 Å². The zero-order chi connectivity index (χ0) is 16.5. The Hall–Kier alpha value is -0.810. The molecular formula is C15H25ClO5. The van der Waals surface area contributed by atoms with E-state index >= 15 is 0 Å². The lowest BCUT2D eigenvalue weighted by Crippen LogP contribution is -2.57. The van der Waals surface area contributed by atoms with Crippen LogP contribution in [0.3, 0.4) is 0 Å². The maximum absolute atomic E-state index is 12.6. The van der Waals surface area contributed by atoms with Gasteiger partial charge in [-0.1, -0.05) is 6.92 Å². The number of carbonyl (C=O) groups is 2. The molecule has 2 atom stereocenters. The summed E-state index contributed by atoms with van der Waals surface area (Å²) in [7, 11) is 0. The van der Waals surface area contributed by atoms with E-state index in [0.29, 0.717) is 19.3 Å². The molecular weight excluding hydrogens is 296 g/mol. The molecule has 0 amide bonds. The zero-order valence-corrected chi connectivity index (χ0v) is 14.1. The summed E-state index contributed by atoms with van der Waals surface area (Å²) < 4.78 is 10.2. The second-order valence-corrected chi connectivity index (χ2v) is 7.10. The minimum absolute atomic E-state index is 0.107. The molecule has 21 heavy (non-hydrogen) atoms. The molecule has 1 aliphatic rings. The Balaban J connectivity index is 3.13. The van der Waals surface area contributed by atoms with Crippen molar-refractivity contribution in [1.82, 2.24) is 0 Å². The van der Waals surface area contributed by atoms with E-state index in [1.807, 2.05) is 6.92 Å². The molecule has 122 valence electrons. The van der Waals surface area contributed by atoms with Crippen molar-refractivity contribution >= 4 is 23.5 Å². The van der Waals surface area contributed by atoms with E-state index in [0.717, 1.165) is 0 Å². The molecule has 0 radical (unpaired) electrons. The van der Waals surface area contributed by atoms with Crippen LogP contribution >= 0.6 is 11.6 Å². The van der Waals surface area contributed by atoms with Gasteiger partial charge in [-0.25, -0.2) is 9.59 Å². The van der Waals surface area contributed by atoms with Gasteiger partial charge in [0.25, 0.3) is 0 Å². The fraction of sp³-hybridized carbons (Fsp3) is 0.867. The Morgan fingerprint density at radius 2 is 1.81 bits per heavy atom. The Morgan fingerprint density at radius 3 is 2.14 bits per heavy atom. The van der Waals surface area contributed by atoms with E-state index in [9.17, 15) is 14.7 Å². The molecule has 0 aromatic carbocycles. The van der Waals surface area contributed by atoms with Crippen molar-refractivity contribution in [2.24, 2.45) is 5.41 Å². The third-order valence-corrected chi connectivity index (χ3v) is 4.65. The number of halogens is 1. The molecule has 6 heteroatoms. The van der Waals surface area contributed by atoms with Crippen molar-refractivity contribution < 1.29 is 24.2 Å². The highest BCUT2D eigenvalue weighted by Crippen LogP contribution is 2.61. The second-order valence-electron chi connectivity index (χ2n) is 6.50. The van der Waals surface area contributed by atoms with Crippen LogP contribution in [-0.4, -0.2) is 40.2 Å². The van der Waals surface area contributed by atoms with Crippen LogP contribution in [0.4, 0.5) is 0 Å². The standard InChI is InChI=1S/C15H25ClO5/c1-6-14(8-9-14)15(16,10(17)11(18)20-7-2)12(19)21-13(3,4)5/h10,17H,6-9H2,1-5H3. The summed E-state index contributed by atoms with van der Waals surface area (Å²) >= 11 is 6.51. The predicted octanol–water partition coefficient (Wildman–Crippen LogP) is 2.42. The third-order valence-electron chi connectivity index (χ3n) is 3.88. The first-order chi connectivity index (χ1) is 9.54. The summed E-state index contributed by atoms with van der Waals surface area (Å²) in [5.41, 5.74) is -1.38. The van der Waals surface area contributed by atoms with Crippen LogP contribution in [0.2, 0.25) is 0 Å². The van der Waals surface area contributed by atoms with Gasteiger partial charge < -0.3 is 14.6 Å². The van der Waals surface area contributed by atoms with Gasteiger partial charge in [0.15, 0.2) is 11.0 Å². The molecule has 1 rings (SSSR count). The largest absolute Gasteiger partial charge is 0.464 e. The molecule has 1 aliphatic carbocycles. The summed E-state index contributed by atoms with van der Waals surface area (Å²) in [6.45, 7) is 8.75. The van der Waals surface area contributed by atoms with Crippen molar-refractivity contribution in [3.05, 3.63) is 0 Å². The number of hydrogen-bond acceptors (Lipinski definition) is 5. The number of ether oxygens (including phenoxy) is 2. The molecule has 2 unspecified atom stereocenters. The SMILES string of the molecule is CCOC(=O)C(O)C(Cl)(C(=O)OC(C)(C)C)C1(CC)CC1. The van der Waals surface area contributed by atoms with Gasteiger partial charge in [-0.15, -0.1) is 11.6 Å². The van der Waals surface area contributed by atoms with Crippen molar-refractivity contribution in [2.75, 3.05) is 6.61 Å². The van der Waals surface area contributed by atoms with Crippen LogP contribution < -0.4 is 0 Å². The Kier molecular flexibility index (Phi) is 5.32. The van der Waals surface area contributed by atoms with Gasteiger partial charge in [0.05, 0.1) is 6.61 Å². The van der Waals surface area contributed by atoms with Gasteiger partial charge in [-0.2, -0.15) is 0 Å². The van der Waals surface area contributed by atoms with Crippen LogP contribution in [0.25, 0.3) is 0 Å². The molecule has 0 saturated heterocycles. The summed E-state index contributed by atoms with van der Waals surface area (Å²) in [4.78, 5) is 22.6. The third kappa shape index (κ3) is 3.51. The molecule has 0 bridgehead atoms. The topological polar surface area (TPSA) is 72.8 Å². The van der Waals surface area contributed by atoms with Gasteiger partial charge in [0.2, 0.25) is 0 Å². The smallest absolute Gasteiger partial charge is 0.337 e. The molecule has 0 heterocycles. The first-order valence-electron chi connectivity index (χ1n) is 7.31. The summed E-state index contributed by atoms with van der Waals surface area (Å²) in [5, 5.41) is 10.3. The fourth-order valence-corrected chi connectivity index (χ4v) is 2.93. The highest BCUT2D eigenvalue weighted by molar-refractivity contribution is 6.37. The zero-order valence-electron chi connectivity index (χ0n) is 13.4. The van der Waals surface area contributed by atoms with E-state index in [4.69, 9.17) is 21.1 Å². The van der Waals surface area contributed by atoms with E-state index in [-0.39, 0.29) is 6.61 Å². The Bertz CT molecular complexity index is 411. The number of alkyl halides is 1. The van der Waals surface area contributed by atoms with Crippen LogP contribution in [-0.2, 0) is 19.1 Å². The van der Waals surface area contributed by atoms with Gasteiger partial charge in [0.1, 0.15) is 5.60 Å². The van der Waals surface area contributed by atoms with E-state index in [2.05, 4.69) is 0 Å². The number of aliphatic hydroxyl groups excluding tert-OH is 1. The average Bonchev–Trinajstić information content (AvgIpc) is 3.16. The molecule has 1 fully saturated rings. The predicted molar refractivity (Wildman–Crippen MR) is 79.0 cm³/mol.